The van der Waals surface area contributed by atoms with E-state index in [4.69, 9.17) is 5.73 Å². The fraction of sp³-hybridized carbons (Fsp3) is 0.440. The predicted octanol–water partition coefficient (Wildman–Crippen LogP) is -2.55. The van der Waals surface area contributed by atoms with Gasteiger partial charge in [0.25, 0.3) is 0 Å². The molecule has 14 heteroatoms. The number of rotatable bonds is 6. The Labute approximate surface area is 223 Å². The number of aromatic amines is 1. The molecule has 9 N–H and O–H groups in total. The number of aliphatic hydroxyl groups is 1. The Hall–Kier alpha value is -4.46. The van der Waals surface area contributed by atoms with Gasteiger partial charge in [-0.1, -0.05) is 18.2 Å². The SMILES string of the molecule is C[C@@H]1NC(=O)[C@H](CCC(N)=O)NC(=O)[C@H](C)NC(=O)[C@H](Cc2c[nH]c3ccccc23)NC(=O)[C@H](CO)NC1=O. The molecule has 0 saturated carbocycles. The third-order valence-electron chi connectivity index (χ3n) is 6.36. The zero-order valence-electron chi connectivity index (χ0n) is 21.6. The van der Waals surface area contributed by atoms with Crippen molar-refractivity contribution < 1.29 is 33.9 Å². The molecule has 39 heavy (non-hydrogen) atoms. The number of aliphatic hydroxyl groups excluding tert-OH is 1. The number of fused-ring (bicyclic) bond motifs is 1. The first-order valence-corrected chi connectivity index (χ1v) is 12.5. The molecular formula is C25H33N7O7. The standard InChI is InChI=1S/C25H33N7O7/c1-12-21(35)30-17(7-8-20(26)34)23(37)28-13(2)22(36)32-19(11-33)25(39)31-18(24(38)29-12)9-14-10-27-16-6-4-3-5-15(14)16/h3-6,10,12-13,17-19,27,33H,7-9,11H2,1-2H3,(H2,26,34)(H,28,37)(H,29,38)(H,30,35)(H,31,39)(H,32,36)/t12-,13-,17-,18-,19-/m0/s1. The van der Waals surface area contributed by atoms with Crippen LogP contribution in [0.2, 0.25) is 0 Å². The fourth-order valence-electron chi connectivity index (χ4n) is 4.10. The number of para-hydroxylation sites is 1. The highest BCUT2D eigenvalue weighted by molar-refractivity contribution is 5.98. The third kappa shape index (κ3) is 7.54. The number of nitrogens with two attached hydrogens (primary N) is 1. The summed E-state index contributed by atoms with van der Waals surface area (Å²) in [6.07, 6.45) is 1.35. The summed E-state index contributed by atoms with van der Waals surface area (Å²) in [5.74, 6) is -4.54. The summed E-state index contributed by atoms with van der Waals surface area (Å²) in [6.45, 7) is 1.96. The number of amides is 6. The van der Waals surface area contributed by atoms with Crippen molar-refractivity contribution >= 4 is 46.3 Å². The van der Waals surface area contributed by atoms with Crippen molar-refractivity contribution in [2.24, 2.45) is 5.73 Å². The molecular weight excluding hydrogens is 510 g/mol. The summed E-state index contributed by atoms with van der Waals surface area (Å²) in [4.78, 5) is 79.1. The van der Waals surface area contributed by atoms with Gasteiger partial charge in [0, 0.05) is 29.9 Å². The van der Waals surface area contributed by atoms with Crippen molar-refractivity contribution in [3.05, 3.63) is 36.0 Å². The monoisotopic (exact) mass is 543 g/mol. The number of primary amides is 1. The van der Waals surface area contributed by atoms with E-state index in [0.29, 0.717) is 5.56 Å². The van der Waals surface area contributed by atoms with Gasteiger partial charge in [0.1, 0.15) is 30.2 Å². The van der Waals surface area contributed by atoms with Crippen LogP contribution in [0.4, 0.5) is 0 Å². The predicted molar refractivity (Wildman–Crippen MR) is 139 cm³/mol. The Morgan fingerprint density at radius 1 is 0.795 bits per heavy atom. The van der Waals surface area contributed by atoms with Gasteiger partial charge < -0.3 is 42.4 Å². The molecule has 0 aliphatic carbocycles. The minimum atomic E-state index is -1.43. The van der Waals surface area contributed by atoms with Crippen LogP contribution in [0.3, 0.4) is 0 Å². The molecule has 1 saturated heterocycles. The lowest BCUT2D eigenvalue weighted by molar-refractivity contribution is -0.134. The van der Waals surface area contributed by atoms with Gasteiger partial charge in [-0.15, -0.1) is 0 Å². The van der Waals surface area contributed by atoms with E-state index >= 15 is 0 Å². The Bertz CT molecular complexity index is 1260. The van der Waals surface area contributed by atoms with E-state index in [1.54, 1.807) is 6.20 Å². The van der Waals surface area contributed by atoms with E-state index in [9.17, 15) is 33.9 Å². The van der Waals surface area contributed by atoms with E-state index in [1.807, 2.05) is 24.3 Å². The van der Waals surface area contributed by atoms with E-state index in [0.717, 1.165) is 10.9 Å². The van der Waals surface area contributed by atoms with Crippen molar-refractivity contribution in [2.75, 3.05) is 6.61 Å². The zero-order valence-corrected chi connectivity index (χ0v) is 21.6. The zero-order chi connectivity index (χ0) is 28.7. The summed E-state index contributed by atoms with van der Waals surface area (Å²) in [6, 6.07) is 1.20. The van der Waals surface area contributed by atoms with Crippen LogP contribution >= 0.6 is 0 Å². The van der Waals surface area contributed by atoms with Crippen LogP contribution in [0.25, 0.3) is 10.9 Å². The summed E-state index contributed by atoms with van der Waals surface area (Å²) >= 11 is 0. The van der Waals surface area contributed by atoms with Crippen LogP contribution in [0.1, 0.15) is 32.3 Å². The molecule has 2 aromatic rings. The Kier molecular flexibility index (Phi) is 9.60. The van der Waals surface area contributed by atoms with Gasteiger partial charge in [-0.2, -0.15) is 0 Å². The third-order valence-corrected chi connectivity index (χ3v) is 6.36. The van der Waals surface area contributed by atoms with Crippen molar-refractivity contribution in [1.82, 2.24) is 31.6 Å². The number of hydrogen-bond donors (Lipinski definition) is 8. The first-order valence-electron chi connectivity index (χ1n) is 12.5. The van der Waals surface area contributed by atoms with Gasteiger partial charge in [0.05, 0.1) is 6.61 Å². The van der Waals surface area contributed by atoms with Gasteiger partial charge in [-0.05, 0) is 31.9 Å². The van der Waals surface area contributed by atoms with E-state index < -0.39 is 72.3 Å². The molecule has 3 rings (SSSR count). The summed E-state index contributed by atoms with van der Waals surface area (Å²) in [5, 5.41) is 22.9. The maximum atomic E-state index is 13.3. The number of nitrogens with one attached hydrogen (secondary N) is 6. The molecule has 1 aromatic carbocycles. The quantitative estimate of drug-likeness (QED) is 0.194. The lowest BCUT2D eigenvalue weighted by atomic mass is 10.0. The molecule has 6 amide bonds. The van der Waals surface area contributed by atoms with E-state index in [2.05, 4.69) is 31.6 Å². The molecule has 1 aromatic heterocycles. The van der Waals surface area contributed by atoms with Crippen molar-refractivity contribution in [1.29, 1.82) is 0 Å². The number of carbonyl (C=O) groups excluding carboxylic acids is 6. The van der Waals surface area contributed by atoms with Crippen LogP contribution in [0.15, 0.2) is 30.5 Å². The minimum Gasteiger partial charge on any atom is -0.394 e. The van der Waals surface area contributed by atoms with Crippen molar-refractivity contribution in [2.45, 2.75) is 63.3 Å². The van der Waals surface area contributed by atoms with Crippen LogP contribution in [0.5, 0.6) is 0 Å². The molecule has 14 nitrogen and oxygen atoms in total. The number of aromatic nitrogens is 1. The summed E-state index contributed by atoms with van der Waals surface area (Å²) < 4.78 is 0. The largest absolute Gasteiger partial charge is 0.394 e. The van der Waals surface area contributed by atoms with Crippen LogP contribution in [-0.4, -0.2) is 82.3 Å². The second-order valence-corrected chi connectivity index (χ2v) is 9.40. The smallest absolute Gasteiger partial charge is 0.245 e. The molecule has 2 heterocycles. The van der Waals surface area contributed by atoms with E-state index in [1.165, 1.54) is 13.8 Å². The van der Waals surface area contributed by atoms with Crippen LogP contribution in [0, 0.1) is 0 Å². The lowest BCUT2D eigenvalue weighted by Gasteiger charge is -2.24. The Morgan fingerprint density at radius 3 is 1.95 bits per heavy atom. The molecule has 0 spiro atoms. The normalized spacial score (nSPS) is 25.4. The minimum absolute atomic E-state index is 0.0275. The molecule has 0 radical (unpaired) electrons. The van der Waals surface area contributed by atoms with Crippen molar-refractivity contribution in [3.8, 4) is 0 Å². The van der Waals surface area contributed by atoms with Gasteiger partial charge in [-0.3, -0.25) is 28.8 Å². The number of hydrogen-bond acceptors (Lipinski definition) is 7. The Balaban J connectivity index is 1.92. The topological polar surface area (TPSA) is 225 Å². The Morgan fingerprint density at radius 2 is 1.33 bits per heavy atom. The number of carbonyl (C=O) groups is 6. The maximum Gasteiger partial charge on any atom is 0.245 e. The van der Waals surface area contributed by atoms with Gasteiger partial charge in [-0.25, -0.2) is 0 Å². The highest BCUT2D eigenvalue weighted by Crippen LogP contribution is 2.19. The second kappa shape index (κ2) is 12.9. The molecule has 0 unspecified atom stereocenters. The molecule has 0 bridgehead atoms. The van der Waals surface area contributed by atoms with Crippen LogP contribution < -0.4 is 32.3 Å². The maximum absolute atomic E-state index is 13.3. The van der Waals surface area contributed by atoms with E-state index in [-0.39, 0.29) is 19.3 Å². The number of benzene rings is 1. The average Bonchev–Trinajstić information content (AvgIpc) is 3.30. The second-order valence-electron chi connectivity index (χ2n) is 9.40. The number of H-pyrrole nitrogens is 1. The molecule has 1 aliphatic rings. The lowest BCUT2D eigenvalue weighted by Crippen LogP contribution is -2.58. The summed E-state index contributed by atoms with van der Waals surface area (Å²) in [5.41, 5.74) is 6.72. The highest BCUT2D eigenvalue weighted by atomic mass is 16.3. The molecule has 210 valence electrons. The molecule has 5 atom stereocenters. The first-order chi connectivity index (χ1) is 18.5. The first kappa shape index (κ1) is 29.1. The van der Waals surface area contributed by atoms with Gasteiger partial charge in [0.2, 0.25) is 35.4 Å². The summed E-state index contributed by atoms with van der Waals surface area (Å²) in [7, 11) is 0. The van der Waals surface area contributed by atoms with Gasteiger partial charge in [0.15, 0.2) is 0 Å². The van der Waals surface area contributed by atoms with Crippen LogP contribution in [-0.2, 0) is 35.2 Å². The fourth-order valence-corrected chi connectivity index (χ4v) is 4.10. The van der Waals surface area contributed by atoms with Crippen molar-refractivity contribution in [3.63, 3.8) is 0 Å². The molecule has 1 aliphatic heterocycles. The average molecular weight is 544 g/mol. The van der Waals surface area contributed by atoms with Gasteiger partial charge >= 0.3 is 0 Å². The highest BCUT2D eigenvalue weighted by Gasteiger charge is 2.32. The molecule has 1 fully saturated rings.